The molecule has 2 aromatic rings. The monoisotopic (exact) mass is 393 g/mol. The minimum atomic E-state index is -0.0239. The zero-order valence-corrected chi connectivity index (χ0v) is 16.7. The summed E-state index contributed by atoms with van der Waals surface area (Å²) in [4.78, 5) is 40.3. The molecular formula is C22H27N5O2. The van der Waals surface area contributed by atoms with Gasteiger partial charge in [0.2, 0.25) is 5.95 Å². The fraction of sp³-hybridized carbons (Fsp3) is 0.455. The van der Waals surface area contributed by atoms with Gasteiger partial charge in [0.1, 0.15) is 0 Å². The first kappa shape index (κ1) is 19.4. The van der Waals surface area contributed by atoms with E-state index in [-0.39, 0.29) is 11.8 Å². The molecule has 3 heterocycles. The Bertz CT molecular complexity index is 841. The standard InChI is InChI=1S/C22H27N5O2/c28-20(25-11-3-1-2-4-12-25)18-7-5-8-19(17-18)21(29)26-13-15-27(16-14-26)22-23-9-6-10-24-22/h5-10,17H,1-4,11-16H2. The summed E-state index contributed by atoms with van der Waals surface area (Å²) in [5.41, 5.74) is 1.18. The average Bonchev–Trinajstić information content (AvgIpc) is 3.08. The number of hydrogen-bond acceptors (Lipinski definition) is 5. The lowest BCUT2D eigenvalue weighted by Crippen LogP contribution is -2.49. The Balaban J connectivity index is 1.40. The van der Waals surface area contributed by atoms with Crippen LogP contribution in [0.15, 0.2) is 42.7 Å². The van der Waals surface area contributed by atoms with E-state index in [1.165, 1.54) is 12.8 Å². The Hall–Kier alpha value is -2.96. The van der Waals surface area contributed by atoms with Gasteiger partial charge in [0, 0.05) is 62.8 Å². The number of aromatic nitrogens is 2. The van der Waals surface area contributed by atoms with E-state index in [0.717, 1.165) is 25.9 Å². The maximum Gasteiger partial charge on any atom is 0.253 e. The van der Waals surface area contributed by atoms with Gasteiger partial charge < -0.3 is 14.7 Å². The van der Waals surface area contributed by atoms with E-state index in [2.05, 4.69) is 14.9 Å². The minimum absolute atomic E-state index is 0.0239. The van der Waals surface area contributed by atoms with Crippen LogP contribution in [0.25, 0.3) is 0 Å². The Morgan fingerprint density at radius 3 is 1.83 bits per heavy atom. The molecule has 29 heavy (non-hydrogen) atoms. The molecule has 0 aliphatic carbocycles. The van der Waals surface area contributed by atoms with E-state index in [1.807, 2.05) is 21.9 Å². The van der Waals surface area contributed by atoms with Gasteiger partial charge in [0.05, 0.1) is 0 Å². The molecule has 2 aliphatic rings. The molecule has 2 saturated heterocycles. The molecule has 0 unspecified atom stereocenters. The number of benzene rings is 1. The molecule has 0 spiro atoms. The molecule has 0 atom stereocenters. The van der Waals surface area contributed by atoms with E-state index in [4.69, 9.17) is 0 Å². The molecule has 7 nitrogen and oxygen atoms in total. The number of nitrogens with zero attached hydrogens (tertiary/aromatic N) is 5. The van der Waals surface area contributed by atoms with Crippen molar-refractivity contribution in [3.63, 3.8) is 0 Å². The zero-order chi connectivity index (χ0) is 20.1. The van der Waals surface area contributed by atoms with Crippen molar-refractivity contribution >= 4 is 17.8 Å². The molecule has 0 radical (unpaired) electrons. The molecule has 152 valence electrons. The molecule has 0 saturated carbocycles. The highest BCUT2D eigenvalue weighted by molar-refractivity contribution is 5.99. The van der Waals surface area contributed by atoms with Crippen LogP contribution in [-0.2, 0) is 0 Å². The highest BCUT2D eigenvalue weighted by Crippen LogP contribution is 2.17. The van der Waals surface area contributed by atoms with Gasteiger partial charge in [-0.2, -0.15) is 0 Å². The van der Waals surface area contributed by atoms with Gasteiger partial charge in [-0.1, -0.05) is 18.9 Å². The number of carbonyl (C=O) groups excluding carboxylic acids is 2. The lowest BCUT2D eigenvalue weighted by Gasteiger charge is -2.34. The van der Waals surface area contributed by atoms with E-state index >= 15 is 0 Å². The summed E-state index contributed by atoms with van der Waals surface area (Å²) in [5.74, 6) is 0.710. The normalized spacial score (nSPS) is 17.7. The third-order valence-electron chi connectivity index (χ3n) is 5.65. The van der Waals surface area contributed by atoms with Crippen molar-refractivity contribution < 1.29 is 9.59 Å². The van der Waals surface area contributed by atoms with Crippen molar-refractivity contribution in [2.45, 2.75) is 25.7 Å². The predicted octanol–water partition coefficient (Wildman–Crippen LogP) is 2.46. The first-order chi connectivity index (χ1) is 14.2. The molecular weight excluding hydrogens is 366 g/mol. The molecule has 2 aliphatic heterocycles. The van der Waals surface area contributed by atoms with Crippen LogP contribution >= 0.6 is 0 Å². The first-order valence-corrected chi connectivity index (χ1v) is 10.4. The molecule has 0 N–H and O–H groups in total. The summed E-state index contributed by atoms with van der Waals surface area (Å²) in [6.07, 6.45) is 7.93. The maximum absolute atomic E-state index is 13.0. The molecule has 2 fully saturated rings. The number of rotatable bonds is 3. The van der Waals surface area contributed by atoms with Crippen molar-refractivity contribution in [1.29, 1.82) is 0 Å². The van der Waals surface area contributed by atoms with Crippen LogP contribution in [0.3, 0.4) is 0 Å². The second kappa shape index (κ2) is 9.03. The topological polar surface area (TPSA) is 69.6 Å². The smallest absolute Gasteiger partial charge is 0.253 e. The van der Waals surface area contributed by atoms with E-state index in [9.17, 15) is 9.59 Å². The Morgan fingerprint density at radius 1 is 0.690 bits per heavy atom. The van der Waals surface area contributed by atoms with Crippen molar-refractivity contribution in [3.05, 3.63) is 53.9 Å². The van der Waals surface area contributed by atoms with Crippen molar-refractivity contribution in [1.82, 2.24) is 19.8 Å². The molecule has 0 bridgehead atoms. The lowest BCUT2D eigenvalue weighted by molar-refractivity contribution is 0.0746. The summed E-state index contributed by atoms with van der Waals surface area (Å²) in [5, 5.41) is 0. The zero-order valence-electron chi connectivity index (χ0n) is 16.7. The number of likely N-dealkylation sites (tertiary alicyclic amines) is 1. The van der Waals surface area contributed by atoms with E-state index in [0.29, 0.717) is 43.3 Å². The van der Waals surface area contributed by atoms with E-state index < -0.39 is 0 Å². The molecule has 1 aromatic carbocycles. The molecule has 1 aromatic heterocycles. The first-order valence-electron chi connectivity index (χ1n) is 10.4. The largest absolute Gasteiger partial charge is 0.339 e. The van der Waals surface area contributed by atoms with Gasteiger partial charge in [-0.3, -0.25) is 9.59 Å². The van der Waals surface area contributed by atoms with E-state index in [1.54, 1.807) is 30.6 Å². The van der Waals surface area contributed by atoms with Crippen LogP contribution in [0.1, 0.15) is 46.4 Å². The van der Waals surface area contributed by atoms with Crippen LogP contribution in [0.5, 0.6) is 0 Å². The van der Waals surface area contributed by atoms with Gasteiger partial charge in [-0.15, -0.1) is 0 Å². The average molecular weight is 393 g/mol. The predicted molar refractivity (Wildman–Crippen MR) is 111 cm³/mol. The number of amides is 2. The fourth-order valence-corrected chi connectivity index (χ4v) is 3.99. The lowest BCUT2D eigenvalue weighted by atomic mass is 10.1. The molecule has 7 heteroatoms. The third-order valence-corrected chi connectivity index (χ3v) is 5.65. The van der Waals surface area contributed by atoms with Gasteiger partial charge in [0.15, 0.2) is 0 Å². The van der Waals surface area contributed by atoms with Crippen LogP contribution in [0.2, 0.25) is 0 Å². The number of anilines is 1. The van der Waals surface area contributed by atoms with Crippen LogP contribution in [-0.4, -0.2) is 70.9 Å². The second-order valence-electron chi connectivity index (χ2n) is 7.62. The maximum atomic E-state index is 13.0. The number of carbonyl (C=O) groups is 2. The number of hydrogen-bond donors (Lipinski definition) is 0. The SMILES string of the molecule is O=C(c1cccc(C(=O)N2CCN(c3ncccn3)CC2)c1)N1CCCCCC1. The van der Waals surface area contributed by atoms with Crippen LogP contribution < -0.4 is 4.90 Å². The van der Waals surface area contributed by atoms with Gasteiger partial charge in [-0.05, 0) is 37.1 Å². The summed E-state index contributed by atoms with van der Waals surface area (Å²) < 4.78 is 0. The summed E-state index contributed by atoms with van der Waals surface area (Å²) in [7, 11) is 0. The quantitative estimate of drug-likeness (QED) is 0.801. The van der Waals surface area contributed by atoms with Gasteiger partial charge in [-0.25, -0.2) is 9.97 Å². The minimum Gasteiger partial charge on any atom is -0.339 e. The summed E-state index contributed by atoms with van der Waals surface area (Å²) in [6.45, 7) is 4.23. The highest BCUT2D eigenvalue weighted by atomic mass is 16.2. The summed E-state index contributed by atoms with van der Waals surface area (Å²) in [6, 6.07) is 8.97. The third kappa shape index (κ3) is 4.55. The Labute approximate surface area is 171 Å². The molecule has 4 rings (SSSR count). The fourth-order valence-electron chi connectivity index (χ4n) is 3.99. The van der Waals surface area contributed by atoms with Crippen LogP contribution in [0, 0.1) is 0 Å². The summed E-state index contributed by atoms with van der Waals surface area (Å²) >= 11 is 0. The van der Waals surface area contributed by atoms with Crippen molar-refractivity contribution in [2.75, 3.05) is 44.2 Å². The highest BCUT2D eigenvalue weighted by Gasteiger charge is 2.24. The molecule has 2 amide bonds. The Morgan fingerprint density at radius 2 is 1.24 bits per heavy atom. The number of piperazine rings is 1. The Kier molecular flexibility index (Phi) is 6.03. The van der Waals surface area contributed by atoms with Crippen LogP contribution in [0.4, 0.5) is 5.95 Å². The second-order valence-corrected chi connectivity index (χ2v) is 7.62. The van der Waals surface area contributed by atoms with Crippen molar-refractivity contribution in [2.24, 2.45) is 0 Å². The van der Waals surface area contributed by atoms with Crippen molar-refractivity contribution in [3.8, 4) is 0 Å². The van der Waals surface area contributed by atoms with Gasteiger partial charge >= 0.3 is 0 Å². The van der Waals surface area contributed by atoms with Gasteiger partial charge in [0.25, 0.3) is 11.8 Å².